The summed E-state index contributed by atoms with van der Waals surface area (Å²) in [6.45, 7) is 10.4. The number of nitrogens with one attached hydrogen (secondary N) is 2. The Labute approximate surface area is 161 Å². The molecule has 3 rings (SSSR count). The molecule has 1 fully saturated rings. The molecule has 0 atom stereocenters. The highest BCUT2D eigenvalue weighted by molar-refractivity contribution is 6.17. The Hall–Kier alpha value is -2.62. The van der Waals surface area contributed by atoms with Gasteiger partial charge in [-0.05, 0) is 67.0 Å². The SMILES string of the molecule is Cc1ccc(C)c(NC(=O)C2(C(=O)Nc3ccc(C(C)(C)C)cc3)CC2)c1. The molecule has 0 unspecified atom stereocenters. The van der Waals surface area contributed by atoms with Crippen LogP contribution >= 0.6 is 0 Å². The molecule has 1 aliphatic rings. The van der Waals surface area contributed by atoms with Crippen LogP contribution in [0.1, 0.15) is 50.3 Å². The summed E-state index contributed by atoms with van der Waals surface area (Å²) < 4.78 is 0. The number of hydrogen-bond acceptors (Lipinski definition) is 2. The first-order valence-electron chi connectivity index (χ1n) is 9.42. The smallest absolute Gasteiger partial charge is 0.240 e. The highest BCUT2D eigenvalue weighted by Gasteiger charge is 2.56. The van der Waals surface area contributed by atoms with E-state index in [0.717, 1.165) is 22.5 Å². The van der Waals surface area contributed by atoms with Crippen LogP contribution in [-0.2, 0) is 15.0 Å². The molecule has 0 aromatic heterocycles. The van der Waals surface area contributed by atoms with Crippen LogP contribution in [0.5, 0.6) is 0 Å². The normalized spacial score (nSPS) is 15.1. The Balaban J connectivity index is 1.70. The van der Waals surface area contributed by atoms with Gasteiger partial charge in [0.05, 0.1) is 0 Å². The van der Waals surface area contributed by atoms with Crippen LogP contribution in [0.3, 0.4) is 0 Å². The molecule has 1 aliphatic carbocycles. The molecular formula is C23H28N2O2. The highest BCUT2D eigenvalue weighted by atomic mass is 16.2. The van der Waals surface area contributed by atoms with E-state index in [2.05, 4.69) is 31.4 Å². The monoisotopic (exact) mass is 364 g/mol. The van der Waals surface area contributed by atoms with Crippen LogP contribution in [0, 0.1) is 19.3 Å². The Morgan fingerprint density at radius 3 is 2.04 bits per heavy atom. The predicted molar refractivity (Wildman–Crippen MR) is 110 cm³/mol. The van der Waals surface area contributed by atoms with E-state index in [1.165, 1.54) is 5.56 Å². The van der Waals surface area contributed by atoms with Crippen molar-refractivity contribution in [3.8, 4) is 0 Å². The van der Waals surface area contributed by atoms with E-state index in [1.807, 2.05) is 56.3 Å². The van der Waals surface area contributed by atoms with Crippen LogP contribution in [0.2, 0.25) is 0 Å². The summed E-state index contributed by atoms with van der Waals surface area (Å²) in [6.07, 6.45) is 1.16. The minimum atomic E-state index is -0.959. The molecule has 0 spiro atoms. The summed E-state index contributed by atoms with van der Waals surface area (Å²) >= 11 is 0. The summed E-state index contributed by atoms with van der Waals surface area (Å²) in [5, 5.41) is 5.87. The fourth-order valence-corrected chi connectivity index (χ4v) is 3.10. The van der Waals surface area contributed by atoms with E-state index < -0.39 is 5.41 Å². The van der Waals surface area contributed by atoms with Gasteiger partial charge in [-0.3, -0.25) is 9.59 Å². The molecule has 0 bridgehead atoms. The van der Waals surface area contributed by atoms with Gasteiger partial charge in [-0.2, -0.15) is 0 Å². The summed E-state index contributed by atoms with van der Waals surface area (Å²) in [5.41, 5.74) is 3.86. The lowest BCUT2D eigenvalue weighted by atomic mass is 9.87. The maximum Gasteiger partial charge on any atom is 0.240 e. The van der Waals surface area contributed by atoms with Gasteiger partial charge in [0.15, 0.2) is 0 Å². The molecule has 0 aliphatic heterocycles. The van der Waals surface area contributed by atoms with E-state index in [-0.39, 0.29) is 17.2 Å². The van der Waals surface area contributed by atoms with Gasteiger partial charge in [0, 0.05) is 11.4 Å². The van der Waals surface area contributed by atoms with Crippen molar-refractivity contribution in [2.45, 2.75) is 52.9 Å². The zero-order chi connectivity index (χ0) is 19.8. The molecule has 2 aromatic rings. The van der Waals surface area contributed by atoms with E-state index >= 15 is 0 Å². The van der Waals surface area contributed by atoms with E-state index in [1.54, 1.807) is 0 Å². The van der Waals surface area contributed by atoms with E-state index in [0.29, 0.717) is 12.8 Å². The second-order valence-electron chi connectivity index (χ2n) is 8.64. The lowest BCUT2D eigenvalue weighted by Gasteiger charge is -2.20. The fraction of sp³-hybridized carbons (Fsp3) is 0.391. The molecule has 4 nitrogen and oxygen atoms in total. The number of anilines is 2. The first-order valence-corrected chi connectivity index (χ1v) is 9.42. The molecule has 142 valence electrons. The van der Waals surface area contributed by atoms with Crippen molar-refractivity contribution < 1.29 is 9.59 Å². The number of amides is 2. The van der Waals surface area contributed by atoms with Gasteiger partial charge in [0.25, 0.3) is 0 Å². The van der Waals surface area contributed by atoms with Crippen molar-refractivity contribution in [1.29, 1.82) is 0 Å². The third-order valence-electron chi connectivity index (χ3n) is 5.27. The number of benzene rings is 2. The average Bonchev–Trinajstić information content (AvgIpc) is 3.40. The van der Waals surface area contributed by atoms with Crippen LogP contribution in [-0.4, -0.2) is 11.8 Å². The Bertz CT molecular complexity index is 872. The van der Waals surface area contributed by atoms with Crippen molar-refractivity contribution >= 4 is 23.2 Å². The van der Waals surface area contributed by atoms with Crippen LogP contribution in [0.4, 0.5) is 11.4 Å². The molecule has 0 heterocycles. The minimum Gasteiger partial charge on any atom is -0.325 e. The van der Waals surface area contributed by atoms with Crippen molar-refractivity contribution in [3.05, 3.63) is 59.2 Å². The maximum atomic E-state index is 12.8. The second kappa shape index (κ2) is 6.84. The first kappa shape index (κ1) is 19.2. The largest absolute Gasteiger partial charge is 0.325 e. The molecule has 1 saturated carbocycles. The molecule has 0 radical (unpaired) electrons. The lowest BCUT2D eigenvalue weighted by Crippen LogP contribution is -2.35. The molecular weight excluding hydrogens is 336 g/mol. The zero-order valence-corrected chi connectivity index (χ0v) is 16.8. The van der Waals surface area contributed by atoms with Crippen LogP contribution in [0.15, 0.2) is 42.5 Å². The Morgan fingerprint density at radius 2 is 1.48 bits per heavy atom. The maximum absolute atomic E-state index is 12.8. The van der Waals surface area contributed by atoms with Gasteiger partial charge in [0.1, 0.15) is 5.41 Å². The average molecular weight is 364 g/mol. The lowest BCUT2D eigenvalue weighted by molar-refractivity contribution is -0.131. The van der Waals surface area contributed by atoms with Crippen molar-refractivity contribution in [3.63, 3.8) is 0 Å². The summed E-state index contributed by atoms with van der Waals surface area (Å²) in [4.78, 5) is 25.6. The molecule has 2 N–H and O–H groups in total. The minimum absolute atomic E-state index is 0.0613. The molecule has 2 aromatic carbocycles. The van der Waals surface area contributed by atoms with Gasteiger partial charge in [-0.25, -0.2) is 0 Å². The van der Waals surface area contributed by atoms with Gasteiger partial charge in [-0.15, -0.1) is 0 Å². The van der Waals surface area contributed by atoms with Crippen LogP contribution < -0.4 is 10.6 Å². The van der Waals surface area contributed by atoms with E-state index in [4.69, 9.17) is 0 Å². The summed E-state index contributed by atoms with van der Waals surface area (Å²) in [6, 6.07) is 13.8. The number of hydrogen-bond donors (Lipinski definition) is 2. The van der Waals surface area contributed by atoms with Crippen molar-refractivity contribution in [1.82, 2.24) is 0 Å². The fourth-order valence-electron chi connectivity index (χ4n) is 3.10. The molecule has 0 saturated heterocycles. The van der Waals surface area contributed by atoms with Gasteiger partial charge >= 0.3 is 0 Å². The predicted octanol–water partition coefficient (Wildman–Crippen LogP) is 4.96. The third-order valence-corrected chi connectivity index (χ3v) is 5.27. The number of rotatable bonds is 4. The third kappa shape index (κ3) is 4.05. The second-order valence-corrected chi connectivity index (χ2v) is 8.64. The van der Waals surface area contributed by atoms with E-state index in [9.17, 15) is 9.59 Å². The van der Waals surface area contributed by atoms with Crippen LogP contribution in [0.25, 0.3) is 0 Å². The molecule has 2 amide bonds. The number of aryl methyl sites for hydroxylation is 2. The quantitative estimate of drug-likeness (QED) is 0.754. The summed E-state index contributed by atoms with van der Waals surface area (Å²) in [7, 11) is 0. The standard InChI is InChI=1S/C23H28N2O2/c1-15-6-7-16(2)19(14-15)25-21(27)23(12-13-23)20(26)24-18-10-8-17(9-11-18)22(3,4)5/h6-11,14H,12-13H2,1-5H3,(H,24,26)(H,25,27). The summed E-state index contributed by atoms with van der Waals surface area (Å²) in [5.74, 6) is -0.450. The first-order chi connectivity index (χ1) is 12.6. The van der Waals surface area contributed by atoms with Gasteiger partial charge in [-0.1, -0.05) is 45.0 Å². The number of carbonyl (C=O) groups excluding carboxylic acids is 2. The van der Waals surface area contributed by atoms with Crippen molar-refractivity contribution in [2.24, 2.45) is 5.41 Å². The molecule has 4 heteroatoms. The van der Waals surface area contributed by atoms with Gasteiger partial charge < -0.3 is 10.6 Å². The molecule has 27 heavy (non-hydrogen) atoms. The highest BCUT2D eigenvalue weighted by Crippen LogP contribution is 2.47. The number of carbonyl (C=O) groups is 2. The Morgan fingerprint density at radius 1 is 0.889 bits per heavy atom. The van der Waals surface area contributed by atoms with Gasteiger partial charge in [0.2, 0.25) is 11.8 Å². The van der Waals surface area contributed by atoms with Crippen molar-refractivity contribution in [2.75, 3.05) is 10.6 Å². The topological polar surface area (TPSA) is 58.2 Å². The Kier molecular flexibility index (Phi) is 4.85. The zero-order valence-electron chi connectivity index (χ0n) is 16.8.